The quantitative estimate of drug-likeness (QED) is 0.610. The summed E-state index contributed by atoms with van der Waals surface area (Å²) in [6, 6.07) is 1.61. The van der Waals surface area contributed by atoms with E-state index in [1.54, 1.807) is 13.0 Å². The van der Waals surface area contributed by atoms with Gasteiger partial charge in [0.2, 0.25) is 5.88 Å². The number of anilines is 1. The maximum Gasteiger partial charge on any atom is 0.410 e. The molecule has 4 N–H and O–H groups in total. The first-order valence-electron chi connectivity index (χ1n) is 8.43. The molecule has 1 aliphatic carbocycles. The fourth-order valence-electron chi connectivity index (χ4n) is 4.26. The van der Waals surface area contributed by atoms with Crippen molar-refractivity contribution in [2.75, 3.05) is 12.3 Å². The summed E-state index contributed by atoms with van der Waals surface area (Å²) in [6.45, 7) is 1.87. The minimum absolute atomic E-state index is 0.00901. The van der Waals surface area contributed by atoms with Crippen LogP contribution in [0.1, 0.15) is 38.2 Å². The van der Waals surface area contributed by atoms with Crippen molar-refractivity contribution < 1.29 is 23.1 Å². The Balaban J connectivity index is 2.00. The van der Waals surface area contributed by atoms with Crippen LogP contribution in [0.15, 0.2) is 17.3 Å². The van der Waals surface area contributed by atoms with Crippen LogP contribution in [0.4, 0.5) is 10.5 Å². The smallest absolute Gasteiger partial charge is 0.410 e. The van der Waals surface area contributed by atoms with Gasteiger partial charge in [-0.1, -0.05) is 0 Å². The number of aromatic nitrogens is 1. The Bertz CT molecular complexity index is 925. The molecule has 2 aliphatic heterocycles. The molecule has 0 unspecified atom stereocenters. The molecule has 1 amide bonds. The van der Waals surface area contributed by atoms with Gasteiger partial charge in [0.25, 0.3) is 0 Å². The molecule has 1 fully saturated rings. The number of ether oxygens (including phenoxy) is 1. The highest BCUT2D eigenvalue weighted by Crippen LogP contribution is 2.53. The molecule has 1 saturated carbocycles. The average Bonchev–Trinajstić information content (AvgIpc) is 2.62. The van der Waals surface area contributed by atoms with Crippen LogP contribution < -0.4 is 15.8 Å². The number of sulfone groups is 1. The van der Waals surface area contributed by atoms with Crippen molar-refractivity contribution in [3.8, 4) is 5.88 Å². The van der Waals surface area contributed by atoms with Gasteiger partial charge in [0.05, 0.1) is 23.7 Å². The second-order valence-corrected chi connectivity index (χ2v) is 9.62. The number of fused-ring (bicyclic) bond motifs is 3. The van der Waals surface area contributed by atoms with E-state index in [0.717, 1.165) is 0 Å². The van der Waals surface area contributed by atoms with Gasteiger partial charge >= 0.3 is 6.09 Å². The van der Waals surface area contributed by atoms with E-state index in [-0.39, 0.29) is 24.7 Å². The zero-order valence-corrected chi connectivity index (χ0v) is 15.0. The van der Waals surface area contributed by atoms with Crippen molar-refractivity contribution in [1.82, 2.24) is 10.3 Å². The first-order valence-corrected chi connectivity index (χ1v) is 9.98. The molecule has 0 bridgehead atoms. The Morgan fingerprint density at radius 2 is 2.19 bits per heavy atom. The number of carbonyl (C=O) groups is 1. The van der Waals surface area contributed by atoms with Gasteiger partial charge in [-0.25, -0.2) is 18.2 Å². The summed E-state index contributed by atoms with van der Waals surface area (Å²) in [5.74, 6) is 0.271. The largest absolute Gasteiger partial charge is 0.477 e. The van der Waals surface area contributed by atoms with Crippen LogP contribution in [0.5, 0.6) is 5.88 Å². The van der Waals surface area contributed by atoms with E-state index in [9.17, 15) is 18.3 Å². The number of hydrogen-bond acceptors (Lipinski definition) is 7. The highest BCUT2D eigenvalue weighted by atomic mass is 32.2. The lowest BCUT2D eigenvalue weighted by Gasteiger charge is -2.50. The molecule has 0 radical (unpaired) electrons. The molecule has 1 aromatic heterocycles. The second-order valence-electron chi connectivity index (χ2n) is 7.18. The molecule has 2 atom stereocenters. The molecule has 140 valence electrons. The molecule has 3 aliphatic rings. The van der Waals surface area contributed by atoms with Gasteiger partial charge in [0, 0.05) is 12.0 Å². The SMILES string of the molecule is C[C@]12N=C(NC(=O)O)C3(CCC3)S(=O)(=O)[C@@H]1CCOc1ncc(N)cc12. The molecule has 0 aromatic carbocycles. The Morgan fingerprint density at radius 1 is 1.46 bits per heavy atom. The monoisotopic (exact) mass is 380 g/mol. The molecule has 9 nitrogen and oxygen atoms in total. The van der Waals surface area contributed by atoms with Crippen LogP contribution in [0.25, 0.3) is 0 Å². The zero-order chi connectivity index (χ0) is 18.7. The van der Waals surface area contributed by atoms with Crippen LogP contribution in [0.2, 0.25) is 0 Å². The van der Waals surface area contributed by atoms with Crippen LogP contribution in [0, 0.1) is 0 Å². The lowest BCUT2D eigenvalue weighted by atomic mass is 9.81. The zero-order valence-electron chi connectivity index (χ0n) is 14.2. The van der Waals surface area contributed by atoms with E-state index in [1.165, 1.54) is 6.20 Å². The Hall–Kier alpha value is -2.36. The number of amidine groups is 1. The molecule has 1 spiro atoms. The summed E-state index contributed by atoms with van der Waals surface area (Å²) in [5, 5.41) is 10.6. The van der Waals surface area contributed by atoms with E-state index in [1.807, 2.05) is 0 Å². The topological polar surface area (TPSA) is 144 Å². The first kappa shape index (κ1) is 17.1. The van der Waals surface area contributed by atoms with Crippen molar-refractivity contribution in [1.29, 1.82) is 0 Å². The predicted octanol–water partition coefficient (Wildman–Crippen LogP) is 1.05. The van der Waals surface area contributed by atoms with Crippen molar-refractivity contribution >= 4 is 27.5 Å². The number of nitrogens with two attached hydrogens (primary N) is 1. The minimum Gasteiger partial charge on any atom is -0.477 e. The summed E-state index contributed by atoms with van der Waals surface area (Å²) in [5.41, 5.74) is 5.45. The van der Waals surface area contributed by atoms with Crippen molar-refractivity contribution in [2.24, 2.45) is 4.99 Å². The van der Waals surface area contributed by atoms with Gasteiger partial charge in [0.1, 0.15) is 16.1 Å². The standard InChI is InChI=1S/C16H20N4O5S/c1-15-10-7-9(17)8-18-12(10)25-6-3-11(15)26(23,24)16(4-2-5-16)13(20-15)19-14(21)22/h7-8,11H,2-6,17H2,1H3,(H,19,20)(H,21,22)/t11-,15-/m1/s1. The lowest BCUT2D eigenvalue weighted by Crippen LogP contribution is -2.66. The summed E-state index contributed by atoms with van der Waals surface area (Å²) in [4.78, 5) is 20.1. The van der Waals surface area contributed by atoms with Gasteiger partial charge in [-0.2, -0.15) is 0 Å². The number of amides is 1. The molecule has 0 saturated heterocycles. The molecule has 26 heavy (non-hydrogen) atoms. The molecular formula is C16H20N4O5S. The number of nitrogens with zero attached hydrogens (tertiary/aromatic N) is 2. The third-order valence-corrected chi connectivity index (χ3v) is 8.88. The van der Waals surface area contributed by atoms with Gasteiger partial charge in [0.15, 0.2) is 9.84 Å². The summed E-state index contributed by atoms with van der Waals surface area (Å²) in [7, 11) is -3.72. The molecule has 3 heterocycles. The molecular weight excluding hydrogens is 360 g/mol. The maximum atomic E-state index is 13.6. The van der Waals surface area contributed by atoms with E-state index in [4.69, 9.17) is 10.5 Å². The number of nitrogens with one attached hydrogen (secondary N) is 1. The van der Waals surface area contributed by atoms with Crippen molar-refractivity contribution in [3.63, 3.8) is 0 Å². The van der Waals surface area contributed by atoms with Gasteiger partial charge in [-0.3, -0.25) is 10.3 Å². The fraction of sp³-hybridized carbons (Fsp3) is 0.562. The summed E-state index contributed by atoms with van der Waals surface area (Å²) in [6.07, 6.45) is 1.80. The van der Waals surface area contributed by atoms with E-state index in [0.29, 0.717) is 30.5 Å². The fourth-order valence-corrected chi connectivity index (χ4v) is 7.22. The maximum absolute atomic E-state index is 13.6. The normalized spacial score (nSPS) is 30.7. The second kappa shape index (κ2) is 5.32. The van der Waals surface area contributed by atoms with Crippen LogP contribution in [-0.2, 0) is 15.4 Å². The van der Waals surface area contributed by atoms with Crippen LogP contribution in [-0.4, -0.2) is 47.0 Å². The number of carboxylic acid groups (broad SMARTS) is 1. The average molecular weight is 380 g/mol. The summed E-state index contributed by atoms with van der Waals surface area (Å²) < 4.78 is 31.5. The minimum atomic E-state index is -3.72. The lowest BCUT2D eigenvalue weighted by molar-refractivity contribution is 0.199. The predicted molar refractivity (Wildman–Crippen MR) is 94.0 cm³/mol. The Labute approximate surface area is 150 Å². The number of rotatable bonds is 0. The van der Waals surface area contributed by atoms with Crippen molar-refractivity contribution in [3.05, 3.63) is 17.8 Å². The Kier molecular flexibility index (Phi) is 3.49. The number of aliphatic imine (C=N–C) groups is 1. The first-order chi connectivity index (χ1) is 12.2. The highest BCUT2D eigenvalue weighted by molar-refractivity contribution is 7.94. The third-order valence-electron chi connectivity index (χ3n) is 5.74. The van der Waals surface area contributed by atoms with Crippen LogP contribution >= 0.6 is 0 Å². The van der Waals surface area contributed by atoms with E-state index < -0.39 is 31.5 Å². The van der Waals surface area contributed by atoms with Gasteiger partial charge < -0.3 is 15.6 Å². The number of hydrogen-bond donors (Lipinski definition) is 3. The summed E-state index contributed by atoms with van der Waals surface area (Å²) >= 11 is 0. The van der Waals surface area contributed by atoms with E-state index in [2.05, 4.69) is 15.3 Å². The highest BCUT2D eigenvalue weighted by Gasteiger charge is 2.64. The molecule has 1 aromatic rings. The van der Waals surface area contributed by atoms with Crippen molar-refractivity contribution in [2.45, 2.75) is 48.1 Å². The molecule has 10 heteroatoms. The third kappa shape index (κ3) is 2.08. The van der Waals surface area contributed by atoms with Crippen LogP contribution in [0.3, 0.4) is 0 Å². The Morgan fingerprint density at radius 3 is 2.81 bits per heavy atom. The number of nitrogen functional groups attached to an aromatic ring is 1. The molecule has 4 rings (SSSR count). The van der Waals surface area contributed by atoms with Gasteiger partial charge in [-0.05, 0) is 32.3 Å². The van der Waals surface area contributed by atoms with Gasteiger partial charge in [-0.15, -0.1) is 0 Å². The van der Waals surface area contributed by atoms with E-state index >= 15 is 0 Å². The number of pyridine rings is 1.